The van der Waals surface area contributed by atoms with E-state index in [0.29, 0.717) is 0 Å². The second-order valence-corrected chi connectivity index (χ2v) is 7.45. The summed E-state index contributed by atoms with van der Waals surface area (Å²) >= 11 is 7.53. The van der Waals surface area contributed by atoms with Gasteiger partial charge in [0.25, 0.3) is 0 Å². The van der Waals surface area contributed by atoms with E-state index < -0.39 is 0 Å². The van der Waals surface area contributed by atoms with Crippen LogP contribution in [0.2, 0.25) is 5.02 Å². The smallest absolute Gasteiger partial charge is 0.141 e. The molecule has 21 heavy (non-hydrogen) atoms. The molecule has 5 heteroatoms. The fraction of sp³-hybridized carbons (Fsp3) is 0.438. The third-order valence-electron chi connectivity index (χ3n) is 3.39. The van der Waals surface area contributed by atoms with Crippen LogP contribution >= 0.6 is 22.9 Å². The van der Waals surface area contributed by atoms with Crippen LogP contribution in [0, 0.1) is 5.82 Å². The molecule has 1 atom stereocenters. The summed E-state index contributed by atoms with van der Waals surface area (Å²) in [4.78, 5) is 4.71. The molecule has 0 aliphatic rings. The number of aromatic nitrogens is 1. The molecule has 0 aliphatic heterocycles. The molecule has 1 unspecified atom stereocenters. The van der Waals surface area contributed by atoms with Gasteiger partial charge in [0.1, 0.15) is 5.82 Å². The summed E-state index contributed by atoms with van der Waals surface area (Å²) in [5.74, 6) is -0.389. The van der Waals surface area contributed by atoms with Gasteiger partial charge in [0.15, 0.2) is 0 Å². The molecule has 0 bridgehead atoms. The molecular weight excluding hydrogens is 307 g/mol. The standard InChI is InChI=1S/C16H20ClFN2S/c1-16(2,3)14-9-21-15(20-14)8-13(19-4)10-5-6-12(18)11(17)7-10/h5-7,9,13,19H,8H2,1-4H3. The lowest BCUT2D eigenvalue weighted by molar-refractivity contribution is 0.559. The lowest BCUT2D eigenvalue weighted by atomic mass is 9.93. The second kappa shape index (κ2) is 6.42. The minimum Gasteiger partial charge on any atom is -0.313 e. The van der Waals surface area contributed by atoms with Crippen LogP contribution < -0.4 is 5.32 Å². The highest BCUT2D eigenvalue weighted by Crippen LogP contribution is 2.28. The van der Waals surface area contributed by atoms with Crippen LogP contribution in [0.15, 0.2) is 23.6 Å². The minimum absolute atomic E-state index is 0.0586. The second-order valence-electron chi connectivity index (χ2n) is 6.10. The number of thiazole rings is 1. The molecule has 2 nitrogen and oxygen atoms in total. The first-order valence-electron chi connectivity index (χ1n) is 6.88. The summed E-state index contributed by atoms with van der Waals surface area (Å²) in [5, 5.41) is 6.58. The number of nitrogens with zero attached hydrogens (tertiary/aromatic N) is 1. The predicted molar refractivity (Wildman–Crippen MR) is 87.7 cm³/mol. The lowest BCUT2D eigenvalue weighted by Crippen LogP contribution is -2.19. The Morgan fingerprint density at radius 2 is 2.10 bits per heavy atom. The molecule has 1 heterocycles. The van der Waals surface area contributed by atoms with E-state index in [9.17, 15) is 4.39 Å². The zero-order chi connectivity index (χ0) is 15.6. The quantitative estimate of drug-likeness (QED) is 0.878. The number of rotatable bonds is 4. The number of hydrogen-bond donors (Lipinski definition) is 1. The molecular formula is C16H20ClFN2S. The van der Waals surface area contributed by atoms with Gasteiger partial charge in [-0.3, -0.25) is 0 Å². The molecule has 0 fully saturated rings. The fourth-order valence-corrected chi connectivity index (χ4v) is 3.30. The normalized spacial score (nSPS) is 13.4. The molecule has 1 N–H and O–H groups in total. The van der Waals surface area contributed by atoms with E-state index in [-0.39, 0.29) is 22.3 Å². The molecule has 2 rings (SSSR count). The molecule has 0 spiro atoms. The molecule has 0 saturated heterocycles. The van der Waals surface area contributed by atoms with Crippen molar-refractivity contribution in [3.05, 3.63) is 50.7 Å². The number of benzene rings is 1. The topological polar surface area (TPSA) is 24.9 Å². The van der Waals surface area contributed by atoms with Crippen molar-refractivity contribution in [2.75, 3.05) is 7.05 Å². The Bertz CT molecular complexity index is 619. The van der Waals surface area contributed by atoms with Gasteiger partial charge < -0.3 is 5.32 Å². The van der Waals surface area contributed by atoms with Crippen LogP contribution in [0.4, 0.5) is 4.39 Å². The van der Waals surface area contributed by atoms with Gasteiger partial charge in [0, 0.05) is 23.3 Å². The number of likely N-dealkylation sites (N-methyl/N-ethyl adjacent to an activating group) is 1. The lowest BCUT2D eigenvalue weighted by Gasteiger charge is -2.16. The van der Waals surface area contributed by atoms with E-state index >= 15 is 0 Å². The summed E-state index contributed by atoms with van der Waals surface area (Å²) in [6.45, 7) is 6.46. The zero-order valence-electron chi connectivity index (χ0n) is 12.7. The maximum atomic E-state index is 13.3. The van der Waals surface area contributed by atoms with E-state index in [4.69, 9.17) is 16.6 Å². The van der Waals surface area contributed by atoms with Crippen molar-refractivity contribution in [1.29, 1.82) is 0 Å². The third kappa shape index (κ3) is 4.02. The molecule has 0 saturated carbocycles. The number of nitrogens with one attached hydrogen (secondary N) is 1. The highest BCUT2D eigenvalue weighted by molar-refractivity contribution is 7.09. The van der Waals surface area contributed by atoms with E-state index in [0.717, 1.165) is 22.7 Å². The Morgan fingerprint density at radius 3 is 2.62 bits per heavy atom. The van der Waals surface area contributed by atoms with E-state index in [1.807, 2.05) is 7.05 Å². The summed E-state index contributed by atoms with van der Waals surface area (Å²) in [6.07, 6.45) is 0.763. The van der Waals surface area contributed by atoms with Crippen molar-refractivity contribution in [2.45, 2.75) is 38.6 Å². The van der Waals surface area contributed by atoms with Crippen LogP contribution in [-0.2, 0) is 11.8 Å². The van der Waals surface area contributed by atoms with Crippen LogP contribution in [-0.4, -0.2) is 12.0 Å². The summed E-state index contributed by atoms with van der Waals surface area (Å²) in [7, 11) is 1.89. The van der Waals surface area contributed by atoms with Crippen molar-refractivity contribution in [3.8, 4) is 0 Å². The maximum Gasteiger partial charge on any atom is 0.141 e. The van der Waals surface area contributed by atoms with Crippen LogP contribution in [0.1, 0.15) is 43.1 Å². The Labute approximate surface area is 134 Å². The first kappa shape index (κ1) is 16.4. The van der Waals surface area contributed by atoms with Gasteiger partial charge in [-0.25, -0.2) is 9.37 Å². The van der Waals surface area contributed by atoms with Crippen molar-refractivity contribution in [3.63, 3.8) is 0 Å². The Morgan fingerprint density at radius 1 is 1.38 bits per heavy atom. The Hall–Kier alpha value is -0.970. The van der Waals surface area contributed by atoms with Crippen molar-refractivity contribution >= 4 is 22.9 Å². The van der Waals surface area contributed by atoms with Crippen LogP contribution in [0.3, 0.4) is 0 Å². The van der Waals surface area contributed by atoms with Gasteiger partial charge in [-0.05, 0) is 24.7 Å². The van der Waals surface area contributed by atoms with Crippen LogP contribution in [0.5, 0.6) is 0 Å². The van der Waals surface area contributed by atoms with Crippen LogP contribution in [0.25, 0.3) is 0 Å². The number of hydrogen-bond acceptors (Lipinski definition) is 3. The third-order valence-corrected chi connectivity index (χ3v) is 4.55. The van der Waals surface area contributed by atoms with Gasteiger partial charge in [-0.2, -0.15) is 0 Å². The van der Waals surface area contributed by atoms with E-state index in [2.05, 4.69) is 31.5 Å². The highest BCUT2D eigenvalue weighted by Gasteiger charge is 2.19. The predicted octanol–water partition coefficient (Wildman–Crippen LogP) is 4.74. The molecule has 0 amide bonds. The molecule has 114 valence electrons. The highest BCUT2D eigenvalue weighted by atomic mass is 35.5. The monoisotopic (exact) mass is 326 g/mol. The molecule has 1 aromatic carbocycles. The first-order valence-corrected chi connectivity index (χ1v) is 8.14. The SMILES string of the molecule is CNC(Cc1nc(C(C)(C)C)cs1)c1ccc(F)c(Cl)c1. The first-order chi connectivity index (χ1) is 9.81. The van der Waals surface area contributed by atoms with Gasteiger partial charge in [0.2, 0.25) is 0 Å². The van der Waals surface area contributed by atoms with Gasteiger partial charge in [-0.1, -0.05) is 38.4 Å². The maximum absolute atomic E-state index is 13.3. The van der Waals surface area contributed by atoms with Crippen molar-refractivity contribution in [1.82, 2.24) is 10.3 Å². The average Bonchev–Trinajstić information content (AvgIpc) is 2.88. The summed E-state index contributed by atoms with van der Waals surface area (Å²) < 4.78 is 13.3. The molecule has 0 radical (unpaired) electrons. The molecule has 2 aromatic rings. The van der Waals surface area contributed by atoms with Gasteiger partial charge in [-0.15, -0.1) is 11.3 Å². The fourth-order valence-electron chi connectivity index (χ4n) is 2.04. The minimum atomic E-state index is -0.389. The van der Waals surface area contributed by atoms with E-state index in [1.54, 1.807) is 23.5 Å². The molecule has 0 aliphatic carbocycles. The van der Waals surface area contributed by atoms with Gasteiger partial charge >= 0.3 is 0 Å². The summed E-state index contributed by atoms with van der Waals surface area (Å²) in [5.41, 5.74) is 2.13. The number of halogens is 2. The zero-order valence-corrected chi connectivity index (χ0v) is 14.3. The summed E-state index contributed by atoms with van der Waals surface area (Å²) in [6, 6.07) is 4.92. The largest absolute Gasteiger partial charge is 0.313 e. The molecule has 1 aromatic heterocycles. The van der Waals surface area contributed by atoms with E-state index in [1.165, 1.54) is 6.07 Å². The van der Waals surface area contributed by atoms with Crippen molar-refractivity contribution in [2.24, 2.45) is 0 Å². The van der Waals surface area contributed by atoms with Gasteiger partial charge in [0.05, 0.1) is 15.7 Å². The Balaban J connectivity index is 2.19. The Kier molecular flexibility index (Phi) is 5.02. The average molecular weight is 327 g/mol. The van der Waals surface area contributed by atoms with Crippen molar-refractivity contribution < 1.29 is 4.39 Å².